The van der Waals surface area contributed by atoms with Crippen LogP contribution in [0.15, 0.2) is 18.2 Å². The molecule has 1 heterocycles. The zero-order valence-electron chi connectivity index (χ0n) is 10.0. The summed E-state index contributed by atoms with van der Waals surface area (Å²) in [6.07, 6.45) is 0.996. The highest BCUT2D eigenvalue weighted by Gasteiger charge is 2.24. The topological polar surface area (TPSA) is 81.5 Å². The molecule has 0 saturated heterocycles. The first-order valence-electron chi connectivity index (χ1n) is 5.69. The summed E-state index contributed by atoms with van der Waals surface area (Å²) in [5.74, 6) is -0.327. The minimum absolute atomic E-state index is 0.0484. The number of esters is 1. The number of benzene rings is 1. The zero-order valence-corrected chi connectivity index (χ0v) is 10.0. The Bertz CT molecular complexity index is 487. The van der Waals surface area contributed by atoms with Crippen molar-refractivity contribution in [2.45, 2.75) is 18.9 Å². The van der Waals surface area contributed by atoms with E-state index < -0.39 is 4.92 Å². The van der Waals surface area contributed by atoms with Gasteiger partial charge in [0.25, 0.3) is 5.69 Å². The number of nitro groups is 1. The number of nitrogens with one attached hydrogen (secondary N) is 1. The maximum absolute atomic E-state index is 11.3. The summed E-state index contributed by atoms with van der Waals surface area (Å²) < 4.78 is 4.63. The monoisotopic (exact) mass is 250 g/mol. The standard InChI is InChI=1S/C12H14N2O4/c1-18-12(15)7-11-10-6-9(14(16)17)3-2-8(10)4-5-13-11/h2-3,6,11,13H,4-5,7H2,1H3/t11-/m1/s1. The van der Waals surface area contributed by atoms with Gasteiger partial charge in [-0.15, -0.1) is 0 Å². The summed E-state index contributed by atoms with van der Waals surface area (Å²) in [5.41, 5.74) is 1.92. The Morgan fingerprint density at radius 1 is 1.61 bits per heavy atom. The first-order chi connectivity index (χ1) is 8.61. The number of rotatable bonds is 3. The van der Waals surface area contributed by atoms with Crippen LogP contribution in [0.3, 0.4) is 0 Å². The van der Waals surface area contributed by atoms with E-state index in [-0.39, 0.29) is 24.1 Å². The van der Waals surface area contributed by atoms with Gasteiger partial charge in [0.05, 0.1) is 18.5 Å². The third kappa shape index (κ3) is 2.48. The SMILES string of the molecule is COC(=O)C[C@H]1NCCc2ccc([N+](=O)[O-])cc21. The van der Waals surface area contributed by atoms with Gasteiger partial charge in [0.15, 0.2) is 0 Å². The third-order valence-corrected chi connectivity index (χ3v) is 3.10. The van der Waals surface area contributed by atoms with Gasteiger partial charge in [-0.3, -0.25) is 14.9 Å². The van der Waals surface area contributed by atoms with Crippen molar-refractivity contribution >= 4 is 11.7 Å². The van der Waals surface area contributed by atoms with Crippen molar-refractivity contribution in [1.29, 1.82) is 0 Å². The van der Waals surface area contributed by atoms with Crippen LogP contribution in [0.2, 0.25) is 0 Å². The second-order valence-corrected chi connectivity index (χ2v) is 4.18. The van der Waals surface area contributed by atoms with Crippen LogP contribution < -0.4 is 5.32 Å². The Balaban J connectivity index is 2.31. The molecule has 18 heavy (non-hydrogen) atoms. The lowest BCUT2D eigenvalue weighted by molar-refractivity contribution is -0.385. The fourth-order valence-corrected chi connectivity index (χ4v) is 2.17. The molecule has 0 bridgehead atoms. The molecule has 1 aliphatic heterocycles. The summed E-state index contributed by atoms with van der Waals surface area (Å²) in [7, 11) is 1.33. The number of ether oxygens (including phenoxy) is 1. The summed E-state index contributed by atoms with van der Waals surface area (Å²) >= 11 is 0. The lowest BCUT2D eigenvalue weighted by atomic mass is 9.92. The lowest BCUT2D eigenvalue weighted by Crippen LogP contribution is -2.31. The summed E-state index contributed by atoms with van der Waals surface area (Å²) in [6.45, 7) is 0.756. The van der Waals surface area contributed by atoms with Crippen molar-refractivity contribution in [1.82, 2.24) is 5.32 Å². The number of hydrogen-bond acceptors (Lipinski definition) is 5. The van der Waals surface area contributed by atoms with Gasteiger partial charge in [-0.2, -0.15) is 0 Å². The van der Waals surface area contributed by atoms with E-state index in [0.717, 1.165) is 24.1 Å². The number of nitrogens with zero attached hydrogens (tertiary/aromatic N) is 1. The molecule has 0 saturated carbocycles. The van der Waals surface area contributed by atoms with Gasteiger partial charge in [-0.1, -0.05) is 6.07 Å². The van der Waals surface area contributed by atoms with Gasteiger partial charge in [0.1, 0.15) is 0 Å². The second kappa shape index (κ2) is 5.14. The zero-order chi connectivity index (χ0) is 13.1. The molecule has 0 fully saturated rings. The molecule has 96 valence electrons. The van der Waals surface area contributed by atoms with E-state index in [1.807, 2.05) is 0 Å². The van der Waals surface area contributed by atoms with Crippen molar-refractivity contribution in [3.05, 3.63) is 39.4 Å². The van der Waals surface area contributed by atoms with Crippen LogP contribution in [0.5, 0.6) is 0 Å². The van der Waals surface area contributed by atoms with Crippen molar-refractivity contribution in [3.63, 3.8) is 0 Å². The second-order valence-electron chi connectivity index (χ2n) is 4.18. The first-order valence-corrected chi connectivity index (χ1v) is 5.69. The molecule has 6 heteroatoms. The van der Waals surface area contributed by atoms with Crippen molar-refractivity contribution in [2.75, 3.05) is 13.7 Å². The quantitative estimate of drug-likeness (QED) is 0.497. The number of non-ortho nitro benzene ring substituents is 1. The van der Waals surface area contributed by atoms with E-state index in [0.29, 0.717) is 0 Å². The highest BCUT2D eigenvalue weighted by Crippen LogP contribution is 2.29. The lowest BCUT2D eigenvalue weighted by Gasteiger charge is -2.25. The predicted molar refractivity (Wildman–Crippen MR) is 64.2 cm³/mol. The molecule has 0 radical (unpaired) electrons. The predicted octanol–water partition coefficient (Wildman–Crippen LogP) is 1.34. The molecule has 0 aromatic heterocycles. The minimum Gasteiger partial charge on any atom is -0.469 e. The fraction of sp³-hybridized carbons (Fsp3) is 0.417. The smallest absolute Gasteiger partial charge is 0.307 e. The molecule has 0 unspecified atom stereocenters. The van der Waals surface area contributed by atoms with E-state index in [1.54, 1.807) is 6.07 Å². The molecule has 1 aliphatic rings. The van der Waals surface area contributed by atoms with E-state index in [2.05, 4.69) is 10.1 Å². The molecule has 1 N–H and O–H groups in total. The fourth-order valence-electron chi connectivity index (χ4n) is 2.17. The molecule has 0 amide bonds. The van der Waals surface area contributed by atoms with Gasteiger partial charge in [-0.05, 0) is 24.1 Å². The number of nitro benzene ring substituents is 1. The number of carbonyl (C=O) groups excluding carboxylic acids is 1. The van der Waals surface area contributed by atoms with E-state index >= 15 is 0 Å². The van der Waals surface area contributed by atoms with Crippen molar-refractivity contribution in [2.24, 2.45) is 0 Å². The number of fused-ring (bicyclic) bond motifs is 1. The van der Waals surface area contributed by atoms with Crippen LogP contribution in [-0.2, 0) is 16.0 Å². The van der Waals surface area contributed by atoms with Crippen LogP contribution in [-0.4, -0.2) is 24.5 Å². The molecule has 1 aromatic carbocycles. The molecule has 1 aromatic rings. The van der Waals surface area contributed by atoms with Crippen LogP contribution in [0.25, 0.3) is 0 Å². The third-order valence-electron chi connectivity index (χ3n) is 3.10. The Kier molecular flexibility index (Phi) is 3.57. The molecule has 0 aliphatic carbocycles. The average molecular weight is 250 g/mol. The number of carbonyl (C=O) groups is 1. The van der Waals surface area contributed by atoms with Crippen LogP contribution >= 0.6 is 0 Å². The van der Waals surface area contributed by atoms with Crippen molar-refractivity contribution < 1.29 is 14.5 Å². The highest BCUT2D eigenvalue weighted by atomic mass is 16.6. The number of hydrogen-bond donors (Lipinski definition) is 1. The number of methoxy groups -OCH3 is 1. The van der Waals surface area contributed by atoms with E-state index in [9.17, 15) is 14.9 Å². The van der Waals surface area contributed by atoms with Crippen LogP contribution in [0.1, 0.15) is 23.6 Å². The maximum Gasteiger partial charge on any atom is 0.307 e. The largest absolute Gasteiger partial charge is 0.469 e. The molecule has 0 spiro atoms. The summed E-state index contributed by atoms with van der Waals surface area (Å²) in [5, 5.41) is 13.9. The van der Waals surface area contributed by atoms with Crippen LogP contribution in [0.4, 0.5) is 5.69 Å². The Morgan fingerprint density at radius 3 is 3.06 bits per heavy atom. The minimum atomic E-state index is -0.427. The molecule has 1 atom stereocenters. The summed E-state index contributed by atoms with van der Waals surface area (Å²) in [6, 6.07) is 4.59. The molecule has 6 nitrogen and oxygen atoms in total. The van der Waals surface area contributed by atoms with Gasteiger partial charge < -0.3 is 10.1 Å². The maximum atomic E-state index is 11.3. The summed E-state index contributed by atoms with van der Waals surface area (Å²) in [4.78, 5) is 21.7. The van der Waals surface area contributed by atoms with E-state index in [1.165, 1.54) is 19.2 Å². The Hall–Kier alpha value is -1.95. The van der Waals surface area contributed by atoms with Gasteiger partial charge in [0.2, 0.25) is 0 Å². The Morgan fingerprint density at radius 2 is 2.39 bits per heavy atom. The van der Waals surface area contributed by atoms with Gasteiger partial charge >= 0.3 is 5.97 Å². The highest BCUT2D eigenvalue weighted by molar-refractivity contribution is 5.70. The van der Waals surface area contributed by atoms with Crippen molar-refractivity contribution in [3.8, 4) is 0 Å². The molecular formula is C12H14N2O4. The van der Waals surface area contributed by atoms with Crippen LogP contribution in [0, 0.1) is 10.1 Å². The first kappa shape index (κ1) is 12.5. The molecular weight excluding hydrogens is 236 g/mol. The van der Waals surface area contributed by atoms with Gasteiger partial charge in [-0.25, -0.2) is 0 Å². The average Bonchev–Trinajstić information content (AvgIpc) is 2.38. The van der Waals surface area contributed by atoms with Gasteiger partial charge in [0, 0.05) is 18.2 Å². The van der Waals surface area contributed by atoms with E-state index in [4.69, 9.17) is 0 Å². The normalized spacial score (nSPS) is 17.9. The molecule has 2 rings (SSSR count). The Labute approximate surface area is 104 Å².